The van der Waals surface area contributed by atoms with Gasteiger partial charge in [-0.3, -0.25) is 14.8 Å². The average molecular weight is 328 g/mol. The van der Waals surface area contributed by atoms with Crippen molar-refractivity contribution in [2.75, 3.05) is 0 Å². The number of nitriles is 1. The first-order valence-electron chi connectivity index (χ1n) is 8.11. The van der Waals surface area contributed by atoms with Crippen LogP contribution < -0.4 is 5.73 Å². The summed E-state index contributed by atoms with van der Waals surface area (Å²) in [7, 11) is 0. The molecule has 0 saturated heterocycles. The first-order chi connectivity index (χ1) is 12.1. The summed E-state index contributed by atoms with van der Waals surface area (Å²) in [6.45, 7) is 2.03. The molecule has 1 aromatic carbocycles. The lowest BCUT2D eigenvalue weighted by atomic mass is 9.92. The Labute approximate surface area is 145 Å². The van der Waals surface area contributed by atoms with E-state index in [0.29, 0.717) is 24.1 Å². The number of benzene rings is 1. The molecular weight excluding hydrogens is 312 g/mol. The van der Waals surface area contributed by atoms with Gasteiger partial charge in [-0.1, -0.05) is 12.1 Å². The van der Waals surface area contributed by atoms with Crippen molar-refractivity contribution in [3.8, 4) is 17.2 Å². The van der Waals surface area contributed by atoms with Gasteiger partial charge in [-0.05, 0) is 43.0 Å². The number of nitrogens with two attached hydrogens (primary N) is 1. The molecule has 2 aromatic heterocycles. The molecule has 0 aliphatic heterocycles. The summed E-state index contributed by atoms with van der Waals surface area (Å²) in [4.78, 5) is 20.5. The van der Waals surface area contributed by atoms with Crippen LogP contribution in [0.1, 0.15) is 29.7 Å². The molecule has 5 heteroatoms. The average Bonchev–Trinajstić information content (AvgIpc) is 3.42. The molecule has 3 aromatic rings. The maximum absolute atomic E-state index is 11.8. The number of carbonyl (C=O) groups is 1. The lowest BCUT2D eigenvalue weighted by Crippen LogP contribution is -2.30. The molecule has 1 saturated carbocycles. The Bertz CT molecular complexity index is 1060. The highest BCUT2D eigenvalue weighted by Gasteiger charge is 2.52. The van der Waals surface area contributed by atoms with Gasteiger partial charge in [-0.2, -0.15) is 5.26 Å². The van der Waals surface area contributed by atoms with Crippen LogP contribution in [0.15, 0.2) is 42.9 Å². The minimum absolute atomic E-state index is 0.404. The fraction of sp³-hybridized carbons (Fsp3) is 0.200. The maximum atomic E-state index is 11.8. The number of carbonyl (C=O) groups excluding carboxylic acids is 1. The maximum Gasteiger partial charge on any atom is 0.229 e. The molecule has 0 atom stereocenters. The standard InChI is InChI=1S/C20H16N4O/c1-12-4-7-23-11-17(12)13-2-3-15-14(8-13)10-24-18(16(15)9-21)20(5-6-20)19(22)25/h2-4,7-8,10-11H,5-6H2,1H3,(H2,22,25). The van der Waals surface area contributed by atoms with E-state index in [9.17, 15) is 10.1 Å². The molecule has 1 aliphatic rings. The van der Waals surface area contributed by atoms with Gasteiger partial charge < -0.3 is 5.73 Å². The van der Waals surface area contributed by atoms with Gasteiger partial charge in [0.25, 0.3) is 0 Å². The number of aryl methyl sites for hydroxylation is 1. The number of rotatable bonds is 3. The molecule has 4 rings (SSSR count). The molecule has 25 heavy (non-hydrogen) atoms. The number of amides is 1. The van der Waals surface area contributed by atoms with Crippen LogP contribution in [-0.4, -0.2) is 15.9 Å². The number of pyridine rings is 2. The minimum atomic E-state index is -0.766. The van der Waals surface area contributed by atoms with Gasteiger partial charge in [0.05, 0.1) is 16.7 Å². The van der Waals surface area contributed by atoms with Crippen LogP contribution in [0.4, 0.5) is 0 Å². The van der Waals surface area contributed by atoms with Crippen molar-refractivity contribution < 1.29 is 4.79 Å². The van der Waals surface area contributed by atoms with Crippen LogP contribution in [0, 0.1) is 18.3 Å². The molecule has 122 valence electrons. The van der Waals surface area contributed by atoms with Crippen molar-refractivity contribution >= 4 is 16.7 Å². The van der Waals surface area contributed by atoms with Gasteiger partial charge in [0.1, 0.15) is 6.07 Å². The highest BCUT2D eigenvalue weighted by Crippen LogP contribution is 2.49. The van der Waals surface area contributed by atoms with Crippen molar-refractivity contribution in [1.29, 1.82) is 5.26 Å². The van der Waals surface area contributed by atoms with Crippen molar-refractivity contribution in [2.45, 2.75) is 25.2 Å². The Hall–Kier alpha value is -3.26. The Morgan fingerprint density at radius 2 is 2.08 bits per heavy atom. The van der Waals surface area contributed by atoms with E-state index in [1.165, 1.54) is 0 Å². The van der Waals surface area contributed by atoms with E-state index in [1.54, 1.807) is 12.4 Å². The van der Waals surface area contributed by atoms with E-state index in [0.717, 1.165) is 27.5 Å². The van der Waals surface area contributed by atoms with Crippen LogP contribution in [-0.2, 0) is 10.2 Å². The first kappa shape index (κ1) is 15.3. The van der Waals surface area contributed by atoms with Crippen molar-refractivity contribution in [3.63, 3.8) is 0 Å². The summed E-state index contributed by atoms with van der Waals surface area (Å²) >= 11 is 0. The van der Waals surface area contributed by atoms with Crippen LogP contribution in [0.2, 0.25) is 0 Å². The second-order valence-corrected chi connectivity index (χ2v) is 6.53. The highest BCUT2D eigenvalue weighted by atomic mass is 16.1. The van der Waals surface area contributed by atoms with Crippen LogP contribution in [0.5, 0.6) is 0 Å². The van der Waals surface area contributed by atoms with Gasteiger partial charge in [-0.15, -0.1) is 0 Å². The smallest absolute Gasteiger partial charge is 0.229 e. The van der Waals surface area contributed by atoms with Crippen molar-refractivity contribution in [1.82, 2.24) is 9.97 Å². The van der Waals surface area contributed by atoms with Crippen molar-refractivity contribution in [2.24, 2.45) is 5.73 Å². The molecule has 0 spiro atoms. The molecule has 1 aliphatic carbocycles. The number of aromatic nitrogens is 2. The zero-order valence-electron chi connectivity index (χ0n) is 13.8. The predicted molar refractivity (Wildman–Crippen MR) is 94.5 cm³/mol. The van der Waals surface area contributed by atoms with E-state index in [4.69, 9.17) is 5.73 Å². The van der Waals surface area contributed by atoms with E-state index in [-0.39, 0.29) is 0 Å². The summed E-state index contributed by atoms with van der Waals surface area (Å²) in [6.07, 6.45) is 6.63. The number of nitrogens with zero attached hydrogens (tertiary/aromatic N) is 3. The molecular formula is C20H16N4O. The first-order valence-corrected chi connectivity index (χ1v) is 8.11. The minimum Gasteiger partial charge on any atom is -0.369 e. The normalized spacial score (nSPS) is 14.9. The summed E-state index contributed by atoms with van der Waals surface area (Å²) in [5.41, 5.74) is 8.94. The third-order valence-corrected chi connectivity index (χ3v) is 5.03. The van der Waals surface area contributed by atoms with E-state index in [2.05, 4.69) is 16.0 Å². The molecule has 0 radical (unpaired) electrons. The second-order valence-electron chi connectivity index (χ2n) is 6.53. The van der Waals surface area contributed by atoms with Crippen LogP contribution in [0.25, 0.3) is 21.9 Å². The van der Waals surface area contributed by atoms with E-state index < -0.39 is 11.3 Å². The van der Waals surface area contributed by atoms with Gasteiger partial charge in [-0.25, -0.2) is 0 Å². The zero-order chi connectivity index (χ0) is 17.6. The monoisotopic (exact) mass is 328 g/mol. The highest BCUT2D eigenvalue weighted by molar-refractivity contribution is 5.96. The Morgan fingerprint density at radius 1 is 1.28 bits per heavy atom. The number of hydrogen-bond donors (Lipinski definition) is 1. The topological polar surface area (TPSA) is 92.7 Å². The van der Waals surface area contributed by atoms with Gasteiger partial charge in [0.2, 0.25) is 5.91 Å². The molecule has 1 amide bonds. The van der Waals surface area contributed by atoms with E-state index >= 15 is 0 Å². The number of primary amides is 1. The number of hydrogen-bond acceptors (Lipinski definition) is 4. The lowest BCUT2D eigenvalue weighted by Gasteiger charge is -2.14. The molecule has 5 nitrogen and oxygen atoms in total. The zero-order valence-corrected chi connectivity index (χ0v) is 13.8. The van der Waals surface area contributed by atoms with Crippen LogP contribution >= 0.6 is 0 Å². The van der Waals surface area contributed by atoms with E-state index in [1.807, 2.05) is 37.4 Å². The fourth-order valence-corrected chi connectivity index (χ4v) is 3.36. The Morgan fingerprint density at radius 3 is 2.72 bits per heavy atom. The summed E-state index contributed by atoms with van der Waals surface area (Å²) in [5.74, 6) is -0.404. The van der Waals surface area contributed by atoms with Gasteiger partial charge in [0.15, 0.2) is 0 Å². The quantitative estimate of drug-likeness (QED) is 0.800. The van der Waals surface area contributed by atoms with Gasteiger partial charge in [0, 0.05) is 34.9 Å². The van der Waals surface area contributed by atoms with Crippen molar-refractivity contribution in [3.05, 3.63) is 59.7 Å². The molecule has 2 N–H and O–H groups in total. The Kier molecular flexibility index (Phi) is 3.29. The lowest BCUT2D eigenvalue weighted by molar-refractivity contribution is -0.120. The molecule has 0 bridgehead atoms. The Balaban J connectivity index is 1.91. The molecule has 2 heterocycles. The van der Waals surface area contributed by atoms with Gasteiger partial charge >= 0.3 is 0 Å². The third-order valence-electron chi connectivity index (χ3n) is 5.03. The SMILES string of the molecule is Cc1ccncc1-c1ccc2c(C#N)c(C3(C(N)=O)CC3)ncc2c1. The predicted octanol–water partition coefficient (Wildman–Crippen LogP) is 2.99. The van der Waals surface area contributed by atoms with Crippen LogP contribution in [0.3, 0.4) is 0 Å². The summed E-state index contributed by atoms with van der Waals surface area (Å²) in [5, 5.41) is 11.3. The third kappa shape index (κ3) is 2.26. The summed E-state index contributed by atoms with van der Waals surface area (Å²) in [6, 6.07) is 10.1. The molecule has 0 unspecified atom stereocenters. The summed E-state index contributed by atoms with van der Waals surface area (Å²) < 4.78 is 0. The second kappa shape index (κ2) is 5.38. The number of fused-ring (bicyclic) bond motifs is 1. The fourth-order valence-electron chi connectivity index (χ4n) is 3.36. The molecule has 1 fully saturated rings. The largest absolute Gasteiger partial charge is 0.369 e.